The predicted octanol–water partition coefficient (Wildman–Crippen LogP) is 3.42. The van der Waals surface area contributed by atoms with Crippen LogP contribution in [0.15, 0.2) is 146 Å². The van der Waals surface area contributed by atoms with Gasteiger partial charge in [0.15, 0.2) is 0 Å². The number of benzene rings is 5. The topological polar surface area (TPSA) is 0 Å². The van der Waals surface area contributed by atoms with E-state index in [0.717, 1.165) is 5.19 Å². The third kappa shape index (κ3) is 4.01. The minimum absolute atomic E-state index is 0.176. The van der Waals surface area contributed by atoms with Crippen LogP contribution < -0.4 is 25.9 Å². The molecular weight excluding hydrogens is 436 g/mol. The van der Waals surface area contributed by atoms with Crippen molar-refractivity contribution in [2.24, 2.45) is 0 Å². The molecule has 0 spiro atoms. The van der Waals surface area contributed by atoms with E-state index in [0.29, 0.717) is 0 Å². The molecule has 0 atom stereocenters. The van der Waals surface area contributed by atoms with E-state index in [1.165, 1.54) is 20.7 Å². The summed E-state index contributed by atoms with van der Waals surface area (Å²) in [6, 6.07) is 50.9. The Kier molecular flexibility index (Phi) is 6.16. The highest BCUT2D eigenvalue weighted by Gasteiger charge is 2.48. The normalized spacial score (nSPS) is 11.5. The van der Waals surface area contributed by atoms with Crippen molar-refractivity contribution in [3.8, 4) is 0 Å². The molecule has 160 valence electrons. The highest BCUT2D eigenvalue weighted by atomic mass is 29.2. The molecule has 0 fully saturated rings. The van der Waals surface area contributed by atoms with Gasteiger partial charge in [-0.15, -0.1) is 0 Å². The molecule has 0 radical (unpaired) electrons. The second-order valence-electron chi connectivity index (χ2n) is 8.30. The number of hydrogen-bond acceptors (Lipinski definition) is 0. The van der Waals surface area contributed by atoms with Crippen LogP contribution in [0, 0.1) is 5.82 Å². The summed E-state index contributed by atoms with van der Waals surface area (Å²) in [5.41, 5.74) is 0. The minimum Gasteiger partial charge on any atom is -0.207 e. The van der Waals surface area contributed by atoms with Crippen molar-refractivity contribution >= 4 is 41.8 Å². The summed E-state index contributed by atoms with van der Waals surface area (Å²) in [6.07, 6.45) is 0. The molecule has 0 amide bonds. The number of rotatable bonds is 6. The molecule has 33 heavy (non-hydrogen) atoms. The highest BCUT2D eigenvalue weighted by Crippen LogP contribution is 2.14. The van der Waals surface area contributed by atoms with Crippen LogP contribution in [0.4, 0.5) is 4.39 Å². The van der Waals surface area contributed by atoms with Crippen molar-refractivity contribution in [2.45, 2.75) is 0 Å². The molecule has 5 aromatic rings. The monoisotopic (exact) mass is 460 g/mol. The van der Waals surface area contributed by atoms with Gasteiger partial charge in [0.25, 0.3) is 0 Å². The van der Waals surface area contributed by atoms with Gasteiger partial charge in [-0.2, -0.15) is 0 Å². The summed E-state index contributed by atoms with van der Waals surface area (Å²) in [6.45, 7) is 0. The molecule has 0 aliphatic rings. The van der Waals surface area contributed by atoms with Gasteiger partial charge in [0, 0.05) is 0 Å². The standard InChI is InChI=1S/C30H25FSi2/c31-25-14-13-23-30(24-25)33(28-19-9-3-10-20-28,29-21-11-4-12-22-29)32(26-15-5-1-6-16-26)27-17-7-2-8-18-27/h1-24,32H. The molecule has 0 heterocycles. The van der Waals surface area contributed by atoms with E-state index in [2.05, 4.69) is 127 Å². The van der Waals surface area contributed by atoms with Crippen LogP contribution in [0.5, 0.6) is 0 Å². The Hall–Kier alpha value is -3.54. The summed E-state index contributed by atoms with van der Waals surface area (Å²) in [5.74, 6) is -0.176. The fourth-order valence-electron chi connectivity index (χ4n) is 5.12. The second kappa shape index (κ2) is 9.53. The Labute approximate surface area is 197 Å². The van der Waals surface area contributed by atoms with Gasteiger partial charge in [0.1, 0.15) is 21.7 Å². The van der Waals surface area contributed by atoms with E-state index in [4.69, 9.17) is 0 Å². The molecule has 0 saturated carbocycles. The molecule has 5 aromatic carbocycles. The first-order valence-electron chi connectivity index (χ1n) is 11.3. The average Bonchev–Trinajstić information content (AvgIpc) is 2.89. The lowest BCUT2D eigenvalue weighted by Gasteiger charge is -2.40. The maximum absolute atomic E-state index is 14.8. The SMILES string of the molecule is Fc1cccc([Si](c2ccccc2)(c2ccccc2)[SiH](c2ccccc2)c2ccccc2)c1. The predicted molar refractivity (Wildman–Crippen MR) is 143 cm³/mol. The Morgan fingerprint density at radius 2 is 0.818 bits per heavy atom. The zero-order chi connectivity index (χ0) is 22.5. The van der Waals surface area contributed by atoms with Crippen LogP contribution in [-0.4, -0.2) is 15.9 Å². The zero-order valence-electron chi connectivity index (χ0n) is 18.3. The lowest BCUT2D eigenvalue weighted by atomic mass is 10.3. The van der Waals surface area contributed by atoms with Crippen LogP contribution in [0.2, 0.25) is 0 Å². The molecule has 5 rings (SSSR count). The highest BCUT2D eigenvalue weighted by molar-refractivity contribution is 7.56. The lowest BCUT2D eigenvalue weighted by Crippen LogP contribution is -2.82. The van der Waals surface area contributed by atoms with E-state index >= 15 is 0 Å². The first kappa shape index (κ1) is 21.3. The summed E-state index contributed by atoms with van der Waals surface area (Å²) in [5, 5.41) is 6.54. The molecule has 0 saturated heterocycles. The molecule has 0 unspecified atom stereocenters. The fourth-order valence-corrected chi connectivity index (χ4v) is 20.7. The minimum atomic E-state index is -2.67. The zero-order valence-corrected chi connectivity index (χ0v) is 20.5. The summed E-state index contributed by atoms with van der Waals surface area (Å²) in [7, 11) is -4.60. The Bertz CT molecular complexity index is 1230. The third-order valence-corrected chi connectivity index (χ3v) is 20.7. The van der Waals surface area contributed by atoms with Crippen molar-refractivity contribution in [1.82, 2.24) is 0 Å². The molecule has 0 bridgehead atoms. The van der Waals surface area contributed by atoms with Crippen LogP contribution >= 0.6 is 0 Å². The van der Waals surface area contributed by atoms with Gasteiger partial charge in [-0.1, -0.05) is 154 Å². The quantitative estimate of drug-likeness (QED) is 0.269. The molecule has 0 aromatic heterocycles. The number of halogens is 1. The second-order valence-corrected chi connectivity index (χ2v) is 18.2. The van der Waals surface area contributed by atoms with Crippen LogP contribution in [0.3, 0.4) is 0 Å². The Morgan fingerprint density at radius 1 is 0.424 bits per heavy atom. The van der Waals surface area contributed by atoms with E-state index in [-0.39, 0.29) is 5.82 Å². The Morgan fingerprint density at radius 3 is 1.24 bits per heavy atom. The fraction of sp³-hybridized carbons (Fsp3) is 0. The van der Waals surface area contributed by atoms with Crippen molar-refractivity contribution in [3.05, 3.63) is 151 Å². The smallest absolute Gasteiger partial charge is 0.146 e. The van der Waals surface area contributed by atoms with Crippen molar-refractivity contribution in [2.75, 3.05) is 0 Å². The van der Waals surface area contributed by atoms with Gasteiger partial charge in [-0.05, 0) is 17.3 Å². The largest absolute Gasteiger partial charge is 0.207 e. The van der Waals surface area contributed by atoms with Gasteiger partial charge in [0.2, 0.25) is 0 Å². The van der Waals surface area contributed by atoms with Crippen LogP contribution in [-0.2, 0) is 0 Å². The molecule has 0 aliphatic heterocycles. The first-order valence-corrected chi connectivity index (χ1v) is 16.2. The summed E-state index contributed by atoms with van der Waals surface area (Å²) < 4.78 is 14.8. The molecular formula is C30H25FSi2. The van der Waals surface area contributed by atoms with Crippen molar-refractivity contribution in [1.29, 1.82) is 0 Å². The lowest BCUT2D eigenvalue weighted by molar-refractivity contribution is 0.629. The van der Waals surface area contributed by atoms with Gasteiger partial charge in [0.05, 0.1) is 0 Å². The van der Waals surface area contributed by atoms with Crippen LogP contribution in [0.1, 0.15) is 0 Å². The summed E-state index contributed by atoms with van der Waals surface area (Å²) in [4.78, 5) is 0. The van der Waals surface area contributed by atoms with E-state index in [1.807, 2.05) is 6.07 Å². The maximum atomic E-state index is 14.8. The van der Waals surface area contributed by atoms with Crippen molar-refractivity contribution in [3.63, 3.8) is 0 Å². The summed E-state index contributed by atoms with van der Waals surface area (Å²) >= 11 is 0. The third-order valence-electron chi connectivity index (χ3n) is 6.44. The molecule has 0 nitrogen and oxygen atoms in total. The van der Waals surface area contributed by atoms with Gasteiger partial charge in [-0.25, -0.2) is 4.39 Å². The van der Waals surface area contributed by atoms with E-state index in [9.17, 15) is 4.39 Å². The molecule has 0 N–H and O–H groups in total. The maximum Gasteiger partial charge on any atom is 0.146 e. The first-order chi connectivity index (χ1) is 16.3. The molecule has 3 heteroatoms. The van der Waals surface area contributed by atoms with Gasteiger partial charge >= 0.3 is 0 Å². The van der Waals surface area contributed by atoms with Crippen molar-refractivity contribution < 1.29 is 4.39 Å². The van der Waals surface area contributed by atoms with Gasteiger partial charge in [-0.3, -0.25) is 0 Å². The Balaban J connectivity index is 1.96. The van der Waals surface area contributed by atoms with E-state index in [1.54, 1.807) is 12.1 Å². The van der Waals surface area contributed by atoms with Crippen LogP contribution in [0.25, 0.3) is 0 Å². The number of hydrogen-bond donors (Lipinski definition) is 0. The van der Waals surface area contributed by atoms with E-state index < -0.39 is 15.9 Å². The average molecular weight is 461 g/mol. The molecule has 0 aliphatic carbocycles. The van der Waals surface area contributed by atoms with Gasteiger partial charge < -0.3 is 0 Å².